The second-order valence-corrected chi connectivity index (χ2v) is 7.52. The first-order chi connectivity index (χ1) is 13.7. The van der Waals surface area contributed by atoms with Gasteiger partial charge in [-0.3, -0.25) is 4.79 Å². The molecular weight excluding hydrogens is 353 g/mol. The number of aryl methyl sites for hydroxylation is 1. The minimum atomic E-state index is -0.312. The second-order valence-electron chi connectivity index (χ2n) is 7.52. The summed E-state index contributed by atoms with van der Waals surface area (Å²) in [5.41, 5.74) is 1.83. The molecule has 1 fully saturated rings. The molecule has 0 aliphatic heterocycles. The lowest BCUT2D eigenvalue weighted by molar-refractivity contribution is -0.121. The highest BCUT2D eigenvalue weighted by atomic mass is 19.1. The molecule has 0 atom stereocenters. The van der Waals surface area contributed by atoms with Gasteiger partial charge in [0, 0.05) is 24.8 Å². The van der Waals surface area contributed by atoms with Gasteiger partial charge in [-0.15, -0.1) is 0 Å². The van der Waals surface area contributed by atoms with E-state index in [1.165, 1.54) is 18.1 Å². The molecular formula is C24H24FNO2. The predicted molar refractivity (Wildman–Crippen MR) is 107 cm³/mol. The third-order valence-corrected chi connectivity index (χ3v) is 5.72. The fraction of sp³-hybridized carbons (Fsp3) is 0.292. The largest absolute Gasteiger partial charge is 0.461 e. The van der Waals surface area contributed by atoms with Gasteiger partial charge in [0.15, 0.2) is 0 Å². The molecule has 1 aromatic heterocycles. The summed E-state index contributed by atoms with van der Waals surface area (Å²) in [4.78, 5) is 12.4. The lowest BCUT2D eigenvalue weighted by Crippen LogP contribution is -2.45. The number of rotatable bonds is 7. The Bertz CT molecular complexity index is 944. The van der Waals surface area contributed by atoms with Crippen LogP contribution < -0.4 is 5.32 Å². The van der Waals surface area contributed by atoms with Crippen LogP contribution in [0.3, 0.4) is 0 Å². The van der Waals surface area contributed by atoms with Crippen molar-refractivity contribution in [2.45, 2.75) is 37.5 Å². The first-order valence-electron chi connectivity index (χ1n) is 9.82. The van der Waals surface area contributed by atoms with Crippen LogP contribution >= 0.6 is 0 Å². The van der Waals surface area contributed by atoms with E-state index >= 15 is 0 Å². The molecule has 2 aromatic carbocycles. The van der Waals surface area contributed by atoms with Crippen molar-refractivity contribution in [3.05, 3.63) is 83.9 Å². The Hall–Kier alpha value is -2.88. The molecule has 1 saturated carbocycles. The van der Waals surface area contributed by atoms with Crippen molar-refractivity contribution in [1.29, 1.82) is 0 Å². The fourth-order valence-corrected chi connectivity index (χ4v) is 3.87. The lowest BCUT2D eigenvalue weighted by Gasteiger charge is -2.42. The molecule has 1 heterocycles. The van der Waals surface area contributed by atoms with Gasteiger partial charge in [0.25, 0.3) is 0 Å². The number of carbonyl (C=O) groups excluding carboxylic acids is 1. The maximum Gasteiger partial charge on any atom is 0.220 e. The molecule has 0 unspecified atom stereocenters. The van der Waals surface area contributed by atoms with E-state index in [0.717, 1.165) is 12.8 Å². The second kappa shape index (κ2) is 8.01. The van der Waals surface area contributed by atoms with Crippen molar-refractivity contribution in [1.82, 2.24) is 5.32 Å². The number of hydrogen-bond acceptors (Lipinski definition) is 2. The zero-order valence-corrected chi connectivity index (χ0v) is 15.8. The Labute approximate surface area is 164 Å². The smallest absolute Gasteiger partial charge is 0.220 e. The maximum atomic E-state index is 13.9. The zero-order valence-electron chi connectivity index (χ0n) is 15.8. The zero-order chi connectivity index (χ0) is 19.4. The molecule has 0 bridgehead atoms. The van der Waals surface area contributed by atoms with E-state index in [1.807, 2.05) is 12.1 Å². The Balaban J connectivity index is 1.31. The van der Waals surface area contributed by atoms with E-state index < -0.39 is 0 Å². The fourth-order valence-electron chi connectivity index (χ4n) is 3.87. The van der Waals surface area contributed by atoms with Gasteiger partial charge in [-0.25, -0.2) is 4.39 Å². The Morgan fingerprint density at radius 1 is 1.00 bits per heavy atom. The summed E-state index contributed by atoms with van der Waals surface area (Å²) in [5.74, 6) is 0.889. The minimum absolute atomic E-state index is 0.0195. The lowest BCUT2D eigenvalue weighted by atomic mass is 9.64. The van der Waals surface area contributed by atoms with Crippen LogP contribution in [-0.2, 0) is 16.6 Å². The number of nitrogens with one attached hydrogen (secondary N) is 1. The Kier molecular flexibility index (Phi) is 5.29. The van der Waals surface area contributed by atoms with Crippen LogP contribution in [0.5, 0.6) is 0 Å². The number of hydrogen-bond donors (Lipinski definition) is 1. The first-order valence-corrected chi connectivity index (χ1v) is 9.82. The molecule has 3 aromatic rings. The van der Waals surface area contributed by atoms with Crippen LogP contribution in [0, 0.1) is 5.82 Å². The van der Waals surface area contributed by atoms with Crippen molar-refractivity contribution in [2.24, 2.45) is 0 Å². The van der Waals surface area contributed by atoms with Crippen molar-refractivity contribution in [3.63, 3.8) is 0 Å². The first kappa shape index (κ1) is 18.5. The molecule has 4 rings (SSSR count). The van der Waals surface area contributed by atoms with E-state index in [9.17, 15) is 9.18 Å². The molecule has 4 heteroatoms. The third-order valence-electron chi connectivity index (χ3n) is 5.72. The van der Waals surface area contributed by atoms with Crippen molar-refractivity contribution in [2.75, 3.05) is 6.54 Å². The van der Waals surface area contributed by atoms with Crippen molar-refractivity contribution < 1.29 is 13.6 Å². The quantitative estimate of drug-likeness (QED) is 0.610. The van der Waals surface area contributed by atoms with Gasteiger partial charge in [0.2, 0.25) is 5.91 Å². The Morgan fingerprint density at radius 3 is 2.46 bits per heavy atom. The van der Waals surface area contributed by atoms with Gasteiger partial charge in [0.05, 0.1) is 5.56 Å². The topological polar surface area (TPSA) is 42.2 Å². The molecule has 28 heavy (non-hydrogen) atoms. The van der Waals surface area contributed by atoms with Gasteiger partial charge in [0.1, 0.15) is 17.3 Å². The van der Waals surface area contributed by atoms with Crippen LogP contribution in [0.15, 0.2) is 71.1 Å². The predicted octanol–water partition coefficient (Wildman–Crippen LogP) is 5.26. The van der Waals surface area contributed by atoms with Crippen molar-refractivity contribution in [3.8, 4) is 11.3 Å². The summed E-state index contributed by atoms with van der Waals surface area (Å²) in [6.07, 6.45) is 4.28. The SMILES string of the molecule is O=C(CCc1ccc(-c2ccccc2F)o1)NCC1(c2ccccc2)CCC1. The van der Waals surface area contributed by atoms with Crippen molar-refractivity contribution >= 4 is 5.91 Å². The normalized spacial score (nSPS) is 15.0. The number of benzene rings is 2. The van der Waals surface area contributed by atoms with Gasteiger partial charge in [-0.1, -0.05) is 48.9 Å². The van der Waals surface area contributed by atoms with E-state index in [4.69, 9.17) is 4.42 Å². The Morgan fingerprint density at radius 2 is 1.75 bits per heavy atom. The molecule has 0 radical (unpaired) electrons. The number of amides is 1. The average molecular weight is 377 g/mol. The molecule has 1 amide bonds. The highest BCUT2D eigenvalue weighted by Crippen LogP contribution is 2.43. The maximum absolute atomic E-state index is 13.9. The summed E-state index contributed by atoms with van der Waals surface area (Å²) in [5, 5.41) is 3.10. The average Bonchev–Trinajstić information content (AvgIpc) is 3.15. The van der Waals surface area contributed by atoms with Crippen LogP contribution in [0.4, 0.5) is 4.39 Å². The summed E-state index contributed by atoms with van der Waals surface area (Å²) >= 11 is 0. The summed E-state index contributed by atoms with van der Waals surface area (Å²) < 4.78 is 19.6. The molecule has 0 spiro atoms. The third kappa shape index (κ3) is 3.86. The van der Waals surface area contributed by atoms with E-state index in [1.54, 1.807) is 24.3 Å². The van der Waals surface area contributed by atoms with Crippen LogP contribution in [0.1, 0.15) is 37.0 Å². The van der Waals surface area contributed by atoms with Crippen LogP contribution in [0.25, 0.3) is 11.3 Å². The molecule has 144 valence electrons. The van der Waals surface area contributed by atoms with Crippen LogP contribution in [-0.4, -0.2) is 12.5 Å². The summed E-state index contributed by atoms with van der Waals surface area (Å²) in [6.45, 7) is 0.675. The molecule has 0 saturated heterocycles. The standard InChI is InChI=1S/C24H24FNO2/c25-21-10-5-4-9-20(21)22-13-11-19(28-22)12-14-23(27)26-17-24(15-6-16-24)18-7-2-1-3-8-18/h1-5,7-11,13H,6,12,14-17H2,(H,26,27). The van der Waals surface area contributed by atoms with Gasteiger partial charge < -0.3 is 9.73 Å². The van der Waals surface area contributed by atoms with Gasteiger partial charge in [-0.05, 0) is 42.7 Å². The molecule has 1 aliphatic carbocycles. The number of furan rings is 1. The number of carbonyl (C=O) groups is 1. The molecule has 1 aliphatic rings. The van der Waals surface area contributed by atoms with E-state index in [2.05, 4.69) is 29.6 Å². The highest BCUT2D eigenvalue weighted by Gasteiger charge is 2.38. The molecule has 3 nitrogen and oxygen atoms in total. The number of halogens is 1. The summed E-state index contributed by atoms with van der Waals surface area (Å²) in [7, 11) is 0. The minimum Gasteiger partial charge on any atom is -0.461 e. The van der Waals surface area contributed by atoms with Gasteiger partial charge in [-0.2, -0.15) is 0 Å². The van der Waals surface area contributed by atoms with E-state index in [-0.39, 0.29) is 17.1 Å². The van der Waals surface area contributed by atoms with E-state index in [0.29, 0.717) is 36.5 Å². The highest BCUT2D eigenvalue weighted by molar-refractivity contribution is 5.76. The van der Waals surface area contributed by atoms with Crippen LogP contribution in [0.2, 0.25) is 0 Å². The summed E-state index contributed by atoms with van der Waals surface area (Å²) in [6, 6.07) is 20.5. The monoisotopic (exact) mass is 377 g/mol. The van der Waals surface area contributed by atoms with Gasteiger partial charge >= 0.3 is 0 Å². The molecule has 1 N–H and O–H groups in total.